The monoisotopic (exact) mass is 405 g/mol. The molecule has 0 unspecified atom stereocenters. The van der Waals surface area contributed by atoms with Crippen molar-refractivity contribution in [3.8, 4) is 0 Å². The van der Waals surface area contributed by atoms with E-state index in [1.54, 1.807) is 35.4 Å². The molecule has 0 bridgehead atoms. The molecule has 3 heterocycles. The Morgan fingerprint density at radius 3 is 2.40 bits per heavy atom. The van der Waals surface area contributed by atoms with E-state index in [9.17, 15) is 14.4 Å². The molecular weight excluding hydrogens is 382 g/mol. The second-order valence-electron chi connectivity index (χ2n) is 8.37. The van der Waals surface area contributed by atoms with Crippen LogP contribution in [0.15, 0.2) is 48.7 Å². The number of hydrogen-bond donors (Lipinski definition) is 0. The van der Waals surface area contributed by atoms with Crippen LogP contribution in [0.1, 0.15) is 52.7 Å². The van der Waals surface area contributed by atoms with E-state index in [0.29, 0.717) is 29.9 Å². The first-order valence-electron chi connectivity index (χ1n) is 9.80. The molecule has 2 aliphatic rings. The molecule has 0 fully saturated rings. The first-order valence-corrected chi connectivity index (χ1v) is 9.80. The average molecular weight is 405 g/mol. The fraction of sp³-hybridized carbons (Fsp3) is 0.304. The minimum absolute atomic E-state index is 0.100. The van der Waals surface area contributed by atoms with Crippen molar-refractivity contribution in [1.29, 1.82) is 0 Å². The number of amides is 3. The van der Waals surface area contributed by atoms with E-state index in [1.807, 2.05) is 39.0 Å². The highest BCUT2D eigenvalue weighted by Gasteiger charge is 2.35. The van der Waals surface area contributed by atoms with Crippen molar-refractivity contribution in [2.24, 2.45) is 0 Å². The van der Waals surface area contributed by atoms with E-state index >= 15 is 0 Å². The molecule has 0 spiro atoms. The summed E-state index contributed by atoms with van der Waals surface area (Å²) in [4.78, 5) is 44.7. The van der Waals surface area contributed by atoms with Crippen molar-refractivity contribution in [3.63, 3.8) is 0 Å². The van der Waals surface area contributed by atoms with Gasteiger partial charge in [-0.3, -0.25) is 19.5 Å². The van der Waals surface area contributed by atoms with Crippen molar-refractivity contribution >= 4 is 23.5 Å². The third-order valence-corrected chi connectivity index (χ3v) is 4.96. The number of fused-ring (bicyclic) bond motifs is 1. The van der Waals surface area contributed by atoms with Gasteiger partial charge in [0.15, 0.2) is 0 Å². The van der Waals surface area contributed by atoms with Crippen LogP contribution in [-0.4, -0.2) is 51.4 Å². The lowest BCUT2D eigenvalue weighted by atomic mass is 10.1. The molecule has 154 valence electrons. The fourth-order valence-electron chi connectivity index (χ4n) is 3.54. The maximum absolute atomic E-state index is 12.6. The van der Waals surface area contributed by atoms with E-state index < -0.39 is 5.60 Å². The summed E-state index contributed by atoms with van der Waals surface area (Å²) in [6.07, 6.45) is 3.28. The molecule has 0 N–H and O–H groups in total. The first kappa shape index (κ1) is 19.8. The zero-order valence-corrected chi connectivity index (χ0v) is 17.2. The highest BCUT2D eigenvalue weighted by Crippen LogP contribution is 2.26. The minimum atomic E-state index is -0.546. The predicted molar refractivity (Wildman–Crippen MR) is 111 cm³/mol. The lowest BCUT2D eigenvalue weighted by Gasteiger charge is -2.24. The van der Waals surface area contributed by atoms with Crippen molar-refractivity contribution in [2.45, 2.75) is 32.9 Å². The topological polar surface area (TPSA) is 79.8 Å². The van der Waals surface area contributed by atoms with E-state index in [4.69, 9.17) is 4.74 Å². The van der Waals surface area contributed by atoms with Crippen LogP contribution in [0.3, 0.4) is 0 Å². The summed E-state index contributed by atoms with van der Waals surface area (Å²) in [5, 5.41) is 0. The van der Waals surface area contributed by atoms with E-state index in [0.717, 1.165) is 11.1 Å². The van der Waals surface area contributed by atoms with Gasteiger partial charge in [0.05, 0.1) is 23.4 Å². The number of ether oxygens (including phenoxy) is 1. The molecule has 2 aromatic rings. The molecule has 7 heteroatoms. The number of carbonyl (C=O) groups is 3. The Balaban J connectivity index is 1.46. The van der Waals surface area contributed by atoms with Gasteiger partial charge in [-0.2, -0.15) is 0 Å². The van der Waals surface area contributed by atoms with E-state index in [2.05, 4.69) is 4.98 Å². The molecule has 0 saturated carbocycles. The zero-order chi connectivity index (χ0) is 21.5. The summed E-state index contributed by atoms with van der Waals surface area (Å²) in [5.74, 6) is -0.613. The Kier molecular flexibility index (Phi) is 4.89. The van der Waals surface area contributed by atoms with Gasteiger partial charge in [-0.25, -0.2) is 4.79 Å². The van der Waals surface area contributed by atoms with Gasteiger partial charge in [-0.05, 0) is 56.2 Å². The van der Waals surface area contributed by atoms with Crippen LogP contribution in [0.2, 0.25) is 0 Å². The second kappa shape index (κ2) is 7.40. The number of aromatic nitrogens is 1. The Labute approximate surface area is 175 Å². The minimum Gasteiger partial charge on any atom is -0.444 e. The van der Waals surface area contributed by atoms with Crippen molar-refractivity contribution in [1.82, 2.24) is 14.8 Å². The molecule has 0 saturated heterocycles. The molecule has 0 radical (unpaired) electrons. The maximum Gasteiger partial charge on any atom is 0.410 e. The van der Waals surface area contributed by atoms with Crippen LogP contribution in [-0.2, 0) is 11.3 Å². The molecular formula is C23H23N3O4. The molecule has 4 rings (SSSR count). The first-order chi connectivity index (χ1) is 14.2. The Hall–Kier alpha value is -3.48. The van der Waals surface area contributed by atoms with Gasteiger partial charge in [0.2, 0.25) is 0 Å². The lowest BCUT2D eigenvalue weighted by molar-refractivity contribution is 0.0306. The van der Waals surface area contributed by atoms with Crippen molar-refractivity contribution < 1.29 is 19.1 Å². The Morgan fingerprint density at radius 1 is 1.10 bits per heavy atom. The quantitative estimate of drug-likeness (QED) is 0.730. The number of benzene rings is 1. The maximum atomic E-state index is 12.6. The predicted octanol–water partition coefficient (Wildman–Crippen LogP) is 3.51. The van der Waals surface area contributed by atoms with Gasteiger partial charge in [0, 0.05) is 19.3 Å². The van der Waals surface area contributed by atoms with Crippen LogP contribution >= 0.6 is 0 Å². The summed E-state index contributed by atoms with van der Waals surface area (Å²) in [6, 6.07) is 10.5. The van der Waals surface area contributed by atoms with Crippen LogP contribution < -0.4 is 0 Å². The van der Waals surface area contributed by atoms with Crippen LogP contribution in [0.5, 0.6) is 0 Å². The van der Waals surface area contributed by atoms with E-state index in [1.165, 1.54) is 4.90 Å². The molecule has 30 heavy (non-hydrogen) atoms. The van der Waals surface area contributed by atoms with E-state index in [-0.39, 0.29) is 24.5 Å². The lowest BCUT2D eigenvalue weighted by Crippen LogP contribution is -2.35. The molecule has 0 aliphatic carbocycles. The van der Waals surface area contributed by atoms with Gasteiger partial charge >= 0.3 is 6.09 Å². The molecule has 1 aromatic heterocycles. The number of pyridine rings is 1. The number of rotatable bonds is 3. The Morgan fingerprint density at radius 2 is 1.77 bits per heavy atom. The van der Waals surface area contributed by atoms with Gasteiger partial charge in [-0.1, -0.05) is 18.2 Å². The Bertz CT molecular complexity index is 1030. The summed E-state index contributed by atoms with van der Waals surface area (Å²) in [7, 11) is 0. The average Bonchev–Trinajstić information content (AvgIpc) is 3.28. The highest BCUT2D eigenvalue weighted by molar-refractivity contribution is 6.21. The smallest absolute Gasteiger partial charge is 0.410 e. The van der Waals surface area contributed by atoms with Crippen LogP contribution in [0, 0.1) is 0 Å². The van der Waals surface area contributed by atoms with Crippen LogP contribution in [0.4, 0.5) is 4.79 Å². The zero-order valence-electron chi connectivity index (χ0n) is 17.2. The number of hydrogen-bond acceptors (Lipinski definition) is 5. The van der Waals surface area contributed by atoms with Crippen molar-refractivity contribution in [2.75, 3.05) is 13.1 Å². The summed E-state index contributed by atoms with van der Waals surface area (Å²) in [6.45, 7) is 6.52. The summed E-state index contributed by atoms with van der Waals surface area (Å²) >= 11 is 0. The number of carbonyl (C=O) groups excluding carboxylic acids is 3. The van der Waals surface area contributed by atoms with Gasteiger partial charge in [0.1, 0.15) is 5.60 Å². The third kappa shape index (κ3) is 3.83. The summed E-state index contributed by atoms with van der Waals surface area (Å²) in [5.41, 5.74) is 2.79. The second-order valence-corrected chi connectivity index (χ2v) is 8.37. The fourth-order valence-corrected chi connectivity index (χ4v) is 3.54. The molecule has 0 atom stereocenters. The highest BCUT2D eigenvalue weighted by atomic mass is 16.6. The SMILES string of the molecule is CC(C)(C)OC(=O)N1CC=C(c2ccnc(CN3C(=O)c4ccccc4C3=O)c2)C1. The third-order valence-electron chi connectivity index (χ3n) is 4.96. The number of imide groups is 1. The normalized spacial score (nSPS) is 16.0. The summed E-state index contributed by atoms with van der Waals surface area (Å²) < 4.78 is 5.43. The van der Waals surface area contributed by atoms with Gasteiger partial charge in [-0.15, -0.1) is 0 Å². The number of nitrogens with zero attached hydrogens (tertiary/aromatic N) is 3. The van der Waals surface area contributed by atoms with Gasteiger partial charge < -0.3 is 9.64 Å². The van der Waals surface area contributed by atoms with Crippen LogP contribution in [0.25, 0.3) is 5.57 Å². The van der Waals surface area contributed by atoms with Crippen molar-refractivity contribution in [3.05, 3.63) is 71.1 Å². The molecule has 1 aromatic carbocycles. The van der Waals surface area contributed by atoms with Gasteiger partial charge in [0.25, 0.3) is 11.8 Å². The largest absolute Gasteiger partial charge is 0.444 e. The standard InChI is InChI=1S/C23H23N3O4/c1-23(2,3)30-22(29)25-11-9-16(13-25)15-8-10-24-17(12-15)14-26-20(27)18-6-4-5-7-19(18)21(26)28/h4-10,12H,11,13-14H2,1-3H3. The molecule has 3 amide bonds. The molecule has 7 nitrogen and oxygen atoms in total. The molecule has 2 aliphatic heterocycles.